The molecule has 0 bridgehead atoms. The third-order valence-electron chi connectivity index (χ3n) is 6.49. The van der Waals surface area contributed by atoms with Crippen LogP contribution in [0.15, 0.2) is 53.4 Å². The molecule has 0 saturated carbocycles. The first-order chi connectivity index (χ1) is 15.8. The minimum atomic E-state index is -3.57. The van der Waals surface area contributed by atoms with E-state index in [1.807, 2.05) is 6.92 Å². The molecule has 33 heavy (non-hydrogen) atoms. The highest BCUT2D eigenvalue weighted by atomic mass is 32.2. The molecule has 2 saturated heterocycles. The molecule has 178 valence electrons. The summed E-state index contributed by atoms with van der Waals surface area (Å²) in [7, 11) is -3.57. The summed E-state index contributed by atoms with van der Waals surface area (Å²) in [6, 6.07) is 14.4. The zero-order chi connectivity index (χ0) is 23.4. The van der Waals surface area contributed by atoms with Gasteiger partial charge in [0.25, 0.3) is 5.91 Å². The Morgan fingerprint density at radius 1 is 1.03 bits per heavy atom. The van der Waals surface area contributed by atoms with Gasteiger partial charge in [-0.1, -0.05) is 19.1 Å². The van der Waals surface area contributed by atoms with Crippen LogP contribution >= 0.6 is 0 Å². The molecule has 1 amide bonds. The van der Waals surface area contributed by atoms with Crippen LogP contribution in [0.2, 0.25) is 0 Å². The Hall–Kier alpha value is -2.42. The molecule has 8 heteroatoms. The first kappa shape index (κ1) is 23.7. The average Bonchev–Trinajstić information content (AvgIpc) is 2.84. The van der Waals surface area contributed by atoms with Crippen molar-refractivity contribution in [2.45, 2.75) is 37.6 Å². The molecule has 2 heterocycles. The minimum absolute atomic E-state index is 0.163. The van der Waals surface area contributed by atoms with Gasteiger partial charge in [0, 0.05) is 37.4 Å². The van der Waals surface area contributed by atoms with Crippen molar-refractivity contribution in [1.29, 1.82) is 0 Å². The Morgan fingerprint density at radius 3 is 2.33 bits per heavy atom. The lowest BCUT2D eigenvalue weighted by Crippen LogP contribution is -2.40. The van der Waals surface area contributed by atoms with Gasteiger partial charge in [0.15, 0.2) is 0 Å². The van der Waals surface area contributed by atoms with Crippen LogP contribution < -0.4 is 10.2 Å². The summed E-state index contributed by atoms with van der Waals surface area (Å²) in [4.78, 5) is 15.4. The second-order valence-corrected chi connectivity index (χ2v) is 11.0. The summed E-state index contributed by atoms with van der Waals surface area (Å²) < 4.78 is 32.2. The second-order valence-electron chi connectivity index (χ2n) is 9.02. The van der Waals surface area contributed by atoms with E-state index in [0.717, 1.165) is 18.7 Å². The van der Waals surface area contributed by atoms with Gasteiger partial charge in [-0.2, -0.15) is 4.31 Å². The number of morpholine rings is 1. The number of hydrogen-bond acceptors (Lipinski definition) is 5. The first-order valence-electron chi connectivity index (χ1n) is 11.7. The van der Waals surface area contributed by atoms with Crippen molar-refractivity contribution in [2.75, 3.05) is 44.3 Å². The van der Waals surface area contributed by atoms with Crippen LogP contribution in [0.1, 0.15) is 48.7 Å². The van der Waals surface area contributed by atoms with Gasteiger partial charge in [-0.05, 0) is 67.6 Å². The van der Waals surface area contributed by atoms with Crippen molar-refractivity contribution in [1.82, 2.24) is 9.62 Å². The number of carbonyl (C=O) groups is 1. The zero-order valence-electron chi connectivity index (χ0n) is 19.4. The van der Waals surface area contributed by atoms with E-state index in [9.17, 15) is 13.2 Å². The average molecular weight is 472 g/mol. The van der Waals surface area contributed by atoms with E-state index in [0.29, 0.717) is 37.8 Å². The van der Waals surface area contributed by atoms with Gasteiger partial charge in [0.1, 0.15) is 0 Å². The van der Waals surface area contributed by atoms with E-state index in [1.165, 1.54) is 35.0 Å². The van der Waals surface area contributed by atoms with Crippen LogP contribution in [0, 0.1) is 5.92 Å². The largest absolute Gasteiger partial charge is 0.379 e. The molecule has 0 aromatic heterocycles. The SMILES string of the molecule is C[C@@H]1CCCN(c2ccc([C@@H](C)NC(=O)c3ccc(S(=O)(=O)N4CCOCC4)cc3)cc2)C1. The number of nitrogens with one attached hydrogen (secondary N) is 1. The summed E-state index contributed by atoms with van der Waals surface area (Å²) in [6.07, 6.45) is 2.51. The molecular formula is C25H33N3O4S. The highest BCUT2D eigenvalue weighted by molar-refractivity contribution is 7.89. The summed E-state index contributed by atoms with van der Waals surface area (Å²) >= 11 is 0. The molecule has 2 aliphatic heterocycles. The maximum Gasteiger partial charge on any atom is 0.251 e. The fourth-order valence-corrected chi connectivity index (χ4v) is 5.88. The van der Waals surface area contributed by atoms with Crippen LogP contribution in [0.5, 0.6) is 0 Å². The summed E-state index contributed by atoms with van der Waals surface area (Å²) in [5, 5.41) is 3.01. The number of benzene rings is 2. The Balaban J connectivity index is 1.37. The van der Waals surface area contributed by atoms with Crippen molar-refractivity contribution < 1.29 is 17.9 Å². The number of ether oxygens (including phenoxy) is 1. The van der Waals surface area contributed by atoms with Crippen LogP contribution in [0.3, 0.4) is 0 Å². The quantitative estimate of drug-likeness (QED) is 0.698. The third kappa shape index (κ3) is 5.57. The Morgan fingerprint density at radius 2 is 1.70 bits per heavy atom. The monoisotopic (exact) mass is 471 g/mol. The summed E-state index contributed by atoms with van der Waals surface area (Å²) in [6.45, 7) is 7.91. The number of anilines is 1. The van der Waals surface area contributed by atoms with Crippen LogP contribution in [0.25, 0.3) is 0 Å². The predicted molar refractivity (Wildman–Crippen MR) is 129 cm³/mol. The fourth-order valence-electron chi connectivity index (χ4n) is 4.48. The molecule has 2 aliphatic rings. The minimum Gasteiger partial charge on any atom is -0.379 e. The predicted octanol–water partition coefficient (Wildman–Crippen LogP) is 3.43. The van der Waals surface area contributed by atoms with Crippen molar-refractivity contribution >= 4 is 21.6 Å². The van der Waals surface area contributed by atoms with Crippen molar-refractivity contribution in [2.24, 2.45) is 5.92 Å². The van der Waals surface area contributed by atoms with Gasteiger partial charge >= 0.3 is 0 Å². The van der Waals surface area contributed by atoms with E-state index >= 15 is 0 Å². The van der Waals surface area contributed by atoms with Gasteiger partial charge in [-0.25, -0.2) is 8.42 Å². The normalized spacial score (nSPS) is 20.9. The molecule has 0 unspecified atom stereocenters. The molecule has 2 fully saturated rings. The topological polar surface area (TPSA) is 79.0 Å². The van der Waals surface area contributed by atoms with E-state index < -0.39 is 10.0 Å². The van der Waals surface area contributed by atoms with Gasteiger partial charge in [0.05, 0.1) is 24.2 Å². The lowest BCUT2D eigenvalue weighted by atomic mass is 9.99. The molecule has 2 aromatic carbocycles. The van der Waals surface area contributed by atoms with Crippen LogP contribution in [-0.2, 0) is 14.8 Å². The second kappa shape index (κ2) is 10.2. The van der Waals surface area contributed by atoms with E-state index in [1.54, 1.807) is 12.1 Å². The Kier molecular flexibility index (Phi) is 7.36. The number of hydrogen-bond donors (Lipinski definition) is 1. The number of rotatable bonds is 6. The zero-order valence-corrected chi connectivity index (χ0v) is 20.2. The van der Waals surface area contributed by atoms with Crippen molar-refractivity contribution in [3.63, 3.8) is 0 Å². The fraction of sp³-hybridized carbons (Fsp3) is 0.480. The highest BCUT2D eigenvalue weighted by Crippen LogP contribution is 2.25. The number of piperidine rings is 1. The Labute approximate surface area is 196 Å². The van der Waals surface area contributed by atoms with Crippen molar-refractivity contribution in [3.8, 4) is 0 Å². The smallest absolute Gasteiger partial charge is 0.251 e. The summed E-state index contributed by atoms with van der Waals surface area (Å²) in [5.41, 5.74) is 2.69. The number of amides is 1. The summed E-state index contributed by atoms with van der Waals surface area (Å²) in [5.74, 6) is 0.485. The maximum atomic E-state index is 12.8. The van der Waals surface area contributed by atoms with Crippen LogP contribution in [0.4, 0.5) is 5.69 Å². The molecular weight excluding hydrogens is 438 g/mol. The van der Waals surface area contributed by atoms with Crippen molar-refractivity contribution in [3.05, 3.63) is 59.7 Å². The lowest BCUT2D eigenvalue weighted by molar-refractivity contribution is 0.0730. The molecule has 1 N–H and O–H groups in total. The molecule has 2 aromatic rings. The lowest BCUT2D eigenvalue weighted by Gasteiger charge is -2.33. The van der Waals surface area contributed by atoms with Gasteiger partial charge in [-0.3, -0.25) is 4.79 Å². The van der Waals surface area contributed by atoms with E-state index in [4.69, 9.17) is 4.74 Å². The van der Waals surface area contributed by atoms with Gasteiger partial charge < -0.3 is 15.0 Å². The van der Waals surface area contributed by atoms with Gasteiger partial charge in [-0.15, -0.1) is 0 Å². The molecule has 0 aliphatic carbocycles. The number of sulfonamides is 1. The number of nitrogens with zero attached hydrogens (tertiary/aromatic N) is 2. The van der Waals surface area contributed by atoms with Crippen LogP contribution in [-0.4, -0.2) is 58.0 Å². The first-order valence-corrected chi connectivity index (χ1v) is 13.1. The highest BCUT2D eigenvalue weighted by Gasteiger charge is 2.26. The molecule has 0 spiro atoms. The van der Waals surface area contributed by atoms with Gasteiger partial charge in [0.2, 0.25) is 10.0 Å². The van der Waals surface area contributed by atoms with E-state index in [2.05, 4.69) is 41.4 Å². The van der Waals surface area contributed by atoms with E-state index in [-0.39, 0.29) is 16.8 Å². The molecule has 4 rings (SSSR count). The maximum absolute atomic E-state index is 12.8. The number of carbonyl (C=O) groups excluding carboxylic acids is 1. The third-order valence-corrected chi connectivity index (χ3v) is 8.40. The standard InChI is InChI=1S/C25H33N3O4S/c1-19-4-3-13-27(18-19)23-9-5-21(6-10-23)20(2)26-25(29)22-7-11-24(12-8-22)33(30,31)28-14-16-32-17-15-28/h5-12,19-20H,3-4,13-18H2,1-2H3,(H,26,29)/t19-,20-/m1/s1. The molecule has 0 radical (unpaired) electrons. The molecule has 7 nitrogen and oxygen atoms in total. The Bertz CT molecular complexity index is 1050. The molecule has 2 atom stereocenters.